The molecule has 0 unspecified atom stereocenters. The molecular weight excluding hydrogens is 188 g/mol. The van der Waals surface area contributed by atoms with E-state index >= 15 is 0 Å². The molecule has 1 fully saturated rings. The lowest BCUT2D eigenvalue weighted by molar-refractivity contribution is 0.429. The minimum Gasteiger partial charge on any atom is -0.366 e. The smallest absolute Gasteiger partial charge is 0.251 e. The second-order valence-corrected chi connectivity index (χ2v) is 3.33. The predicted molar refractivity (Wildman–Crippen MR) is 49.2 cm³/mol. The number of pyridine rings is 1. The fraction of sp³-hybridized carbons (Fsp3) is 0.444. The first-order valence-corrected chi connectivity index (χ1v) is 4.44. The summed E-state index contributed by atoms with van der Waals surface area (Å²) in [6.07, 6.45) is 1.28. The van der Waals surface area contributed by atoms with Crippen LogP contribution in [0.2, 0.25) is 0 Å². The van der Waals surface area contributed by atoms with Crippen molar-refractivity contribution >= 4 is 5.69 Å². The molecule has 1 saturated heterocycles. The van der Waals surface area contributed by atoms with Crippen LogP contribution in [-0.2, 0) is 0 Å². The maximum Gasteiger partial charge on any atom is 0.251 e. The summed E-state index contributed by atoms with van der Waals surface area (Å²) in [7, 11) is 1.85. The molecule has 0 aromatic carbocycles. The topological polar surface area (TPSA) is 28.2 Å². The van der Waals surface area contributed by atoms with Gasteiger partial charge in [-0.1, -0.05) is 0 Å². The average Bonchev–Trinajstić information content (AvgIpc) is 2.10. The molecular formula is C9H11F2N3. The standard InChI is InChI=1S/C9H11F2N3/c1-12-6-4-14(5-6)7-2-3-13-9(11)8(7)10/h2-3,6,12H,4-5H2,1H3. The van der Waals surface area contributed by atoms with Crippen LogP contribution in [0.25, 0.3) is 0 Å². The molecule has 0 aliphatic carbocycles. The highest BCUT2D eigenvalue weighted by Gasteiger charge is 2.28. The van der Waals surface area contributed by atoms with E-state index in [9.17, 15) is 8.78 Å². The molecule has 0 spiro atoms. The zero-order valence-electron chi connectivity index (χ0n) is 7.80. The Kier molecular flexibility index (Phi) is 2.33. The van der Waals surface area contributed by atoms with Crippen LogP contribution in [0.5, 0.6) is 0 Å². The van der Waals surface area contributed by atoms with E-state index in [1.54, 1.807) is 4.90 Å². The molecule has 1 aromatic rings. The van der Waals surface area contributed by atoms with E-state index in [2.05, 4.69) is 10.3 Å². The van der Waals surface area contributed by atoms with Crippen molar-refractivity contribution in [3.05, 3.63) is 24.0 Å². The molecule has 0 radical (unpaired) electrons. The van der Waals surface area contributed by atoms with Crippen molar-refractivity contribution in [1.82, 2.24) is 10.3 Å². The molecule has 1 N–H and O–H groups in total. The highest BCUT2D eigenvalue weighted by atomic mass is 19.2. The minimum absolute atomic E-state index is 0.295. The number of aromatic nitrogens is 1. The van der Waals surface area contributed by atoms with E-state index in [4.69, 9.17) is 0 Å². The monoisotopic (exact) mass is 199 g/mol. The number of likely N-dealkylation sites (N-methyl/N-ethyl adjacent to an activating group) is 1. The van der Waals surface area contributed by atoms with Crippen LogP contribution in [0, 0.1) is 11.8 Å². The van der Waals surface area contributed by atoms with E-state index < -0.39 is 11.8 Å². The van der Waals surface area contributed by atoms with Crippen LogP contribution in [0.3, 0.4) is 0 Å². The van der Waals surface area contributed by atoms with Gasteiger partial charge in [-0.15, -0.1) is 0 Å². The normalized spacial score (nSPS) is 16.9. The molecule has 5 heteroatoms. The molecule has 2 rings (SSSR count). The van der Waals surface area contributed by atoms with E-state index in [1.165, 1.54) is 12.3 Å². The third kappa shape index (κ3) is 1.43. The van der Waals surface area contributed by atoms with Crippen molar-refractivity contribution in [2.75, 3.05) is 25.0 Å². The Hall–Kier alpha value is -1.23. The first-order chi connectivity index (χ1) is 6.72. The lowest BCUT2D eigenvalue weighted by Crippen LogP contribution is -2.57. The maximum absolute atomic E-state index is 13.2. The number of halogens is 2. The van der Waals surface area contributed by atoms with Gasteiger partial charge in [0.05, 0.1) is 5.69 Å². The fourth-order valence-corrected chi connectivity index (χ4v) is 1.51. The van der Waals surface area contributed by atoms with Gasteiger partial charge in [0.1, 0.15) is 0 Å². The first kappa shape index (κ1) is 9.33. The molecule has 1 aliphatic rings. The molecule has 0 saturated carbocycles. The summed E-state index contributed by atoms with van der Waals surface area (Å²) in [4.78, 5) is 5.01. The van der Waals surface area contributed by atoms with Crippen LogP contribution >= 0.6 is 0 Å². The lowest BCUT2D eigenvalue weighted by Gasteiger charge is -2.40. The Morgan fingerprint density at radius 2 is 2.21 bits per heavy atom. The fourth-order valence-electron chi connectivity index (χ4n) is 1.51. The molecule has 2 heterocycles. The number of nitrogens with zero attached hydrogens (tertiary/aromatic N) is 2. The van der Waals surface area contributed by atoms with Gasteiger partial charge in [0.25, 0.3) is 5.95 Å². The molecule has 76 valence electrons. The third-order valence-electron chi connectivity index (χ3n) is 2.46. The van der Waals surface area contributed by atoms with Crippen LogP contribution in [0.4, 0.5) is 14.5 Å². The maximum atomic E-state index is 13.2. The van der Waals surface area contributed by atoms with Gasteiger partial charge < -0.3 is 10.2 Å². The SMILES string of the molecule is CNC1CN(c2ccnc(F)c2F)C1. The van der Waals surface area contributed by atoms with Crippen molar-refractivity contribution in [1.29, 1.82) is 0 Å². The van der Waals surface area contributed by atoms with Crippen LogP contribution in [-0.4, -0.2) is 31.2 Å². The minimum atomic E-state index is -1.03. The van der Waals surface area contributed by atoms with Gasteiger partial charge >= 0.3 is 0 Å². The van der Waals surface area contributed by atoms with Crippen molar-refractivity contribution < 1.29 is 8.78 Å². The summed E-state index contributed by atoms with van der Waals surface area (Å²) in [6.45, 7) is 1.41. The zero-order chi connectivity index (χ0) is 10.1. The van der Waals surface area contributed by atoms with Gasteiger partial charge in [-0.3, -0.25) is 0 Å². The highest BCUT2D eigenvalue weighted by Crippen LogP contribution is 2.24. The molecule has 3 nitrogen and oxygen atoms in total. The Balaban J connectivity index is 2.14. The first-order valence-electron chi connectivity index (χ1n) is 4.44. The second kappa shape index (κ2) is 3.49. The van der Waals surface area contributed by atoms with Crippen molar-refractivity contribution in [2.24, 2.45) is 0 Å². The molecule has 1 aliphatic heterocycles. The van der Waals surface area contributed by atoms with E-state index in [1.807, 2.05) is 7.05 Å². The number of rotatable bonds is 2. The third-order valence-corrected chi connectivity index (χ3v) is 2.46. The molecule has 0 atom stereocenters. The van der Waals surface area contributed by atoms with Crippen molar-refractivity contribution in [2.45, 2.75) is 6.04 Å². The quantitative estimate of drug-likeness (QED) is 0.713. The van der Waals surface area contributed by atoms with Crippen molar-refractivity contribution in [3.63, 3.8) is 0 Å². The average molecular weight is 199 g/mol. The predicted octanol–water partition coefficient (Wildman–Crippen LogP) is 0.768. The van der Waals surface area contributed by atoms with Crippen molar-refractivity contribution in [3.8, 4) is 0 Å². The lowest BCUT2D eigenvalue weighted by atomic mass is 10.1. The summed E-state index contributed by atoms with van der Waals surface area (Å²) in [5.41, 5.74) is 0.295. The second-order valence-electron chi connectivity index (χ2n) is 3.33. The largest absolute Gasteiger partial charge is 0.366 e. The summed E-state index contributed by atoms with van der Waals surface area (Å²) < 4.78 is 26.0. The van der Waals surface area contributed by atoms with Gasteiger partial charge in [0.15, 0.2) is 0 Å². The van der Waals surface area contributed by atoms with Gasteiger partial charge in [-0.2, -0.15) is 8.78 Å². The number of hydrogen-bond donors (Lipinski definition) is 1. The van der Waals surface area contributed by atoms with E-state index in [0.29, 0.717) is 24.8 Å². The highest BCUT2D eigenvalue weighted by molar-refractivity contribution is 5.49. The Morgan fingerprint density at radius 3 is 2.86 bits per heavy atom. The van der Waals surface area contributed by atoms with Gasteiger partial charge in [-0.05, 0) is 13.1 Å². The van der Waals surface area contributed by atoms with Crippen LogP contribution < -0.4 is 10.2 Å². The van der Waals surface area contributed by atoms with Gasteiger partial charge in [0, 0.05) is 25.3 Å². The Morgan fingerprint density at radius 1 is 1.50 bits per heavy atom. The summed E-state index contributed by atoms with van der Waals surface area (Å²) >= 11 is 0. The Bertz CT molecular complexity index is 337. The van der Waals surface area contributed by atoms with Gasteiger partial charge in [-0.25, -0.2) is 4.98 Å². The number of anilines is 1. The molecule has 0 bridgehead atoms. The molecule has 14 heavy (non-hydrogen) atoms. The Labute approximate surface area is 80.7 Å². The molecule has 1 aromatic heterocycles. The summed E-state index contributed by atoms with van der Waals surface area (Å²) in [5, 5.41) is 3.06. The van der Waals surface area contributed by atoms with Crippen LogP contribution in [0.15, 0.2) is 12.3 Å². The van der Waals surface area contributed by atoms with E-state index in [-0.39, 0.29) is 0 Å². The zero-order valence-corrected chi connectivity index (χ0v) is 7.80. The van der Waals surface area contributed by atoms with E-state index in [0.717, 1.165) is 0 Å². The van der Waals surface area contributed by atoms with Gasteiger partial charge in [0.2, 0.25) is 5.82 Å². The number of nitrogens with one attached hydrogen (secondary N) is 1. The summed E-state index contributed by atoms with van der Waals surface area (Å²) in [6, 6.07) is 1.86. The summed E-state index contributed by atoms with van der Waals surface area (Å²) in [5.74, 6) is -1.89. The molecule has 0 amide bonds. The number of hydrogen-bond acceptors (Lipinski definition) is 3. The van der Waals surface area contributed by atoms with Crippen LogP contribution in [0.1, 0.15) is 0 Å².